The third kappa shape index (κ3) is 2.98. The first-order chi connectivity index (χ1) is 9.78. The van der Waals surface area contributed by atoms with Crippen LogP contribution in [-0.2, 0) is 0 Å². The molecule has 2 nitrogen and oxygen atoms in total. The van der Waals surface area contributed by atoms with Crippen molar-refractivity contribution in [2.24, 2.45) is 5.92 Å². The fourth-order valence-electron chi connectivity index (χ4n) is 2.52. The van der Waals surface area contributed by atoms with E-state index in [1.807, 2.05) is 12.1 Å². The third-order valence-corrected chi connectivity index (χ3v) is 4.22. The monoisotopic (exact) mass is 331 g/mol. The van der Waals surface area contributed by atoms with Gasteiger partial charge in [-0.15, -0.1) is 0 Å². The van der Waals surface area contributed by atoms with E-state index in [-0.39, 0.29) is 0 Å². The molecule has 0 amide bonds. The Labute approximate surface area is 128 Å². The Morgan fingerprint density at radius 1 is 1.15 bits per heavy atom. The van der Waals surface area contributed by atoms with Crippen LogP contribution >= 0.6 is 15.9 Å². The van der Waals surface area contributed by atoms with Crippen molar-refractivity contribution in [2.45, 2.75) is 18.9 Å². The van der Waals surface area contributed by atoms with E-state index < -0.39 is 0 Å². The van der Waals surface area contributed by atoms with Crippen molar-refractivity contribution in [1.82, 2.24) is 0 Å². The molecule has 0 saturated heterocycles. The zero-order valence-corrected chi connectivity index (χ0v) is 13.1. The SMILES string of the molecule is COc1ccc(Br)cc1NC(c1ccccc1)C1CC1. The Morgan fingerprint density at radius 3 is 2.55 bits per heavy atom. The minimum atomic E-state index is 0.361. The van der Waals surface area contributed by atoms with Crippen LogP contribution in [0.3, 0.4) is 0 Å². The summed E-state index contributed by atoms with van der Waals surface area (Å²) in [5.41, 5.74) is 2.39. The van der Waals surface area contributed by atoms with Gasteiger partial charge in [-0.3, -0.25) is 0 Å². The van der Waals surface area contributed by atoms with E-state index in [0.717, 1.165) is 21.8 Å². The number of hydrogen-bond donors (Lipinski definition) is 1. The zero-order valence-electron chi connectivity index (χ0n) is 11.5. The molecule has 0 bridgehead atoms. The molecule has 0 spiro atoms. The average Bonchev–Trinajstić information content (AvgIpc) is 3.30. The number of rotatable bonds is 5. The molecule has 1 aliphatic rings. The molecule has 0 aromatic heterocycles. The van der Waals surface area contributed by atoms with E-state index in [4.69, 9.17) is 4.74 Å². The van der Waals surface area contributed by atoms with E-state index in [0.29, 0.717) is 6.04 Å². The molecule has 0 aliphatic heterocycles. The highest BCUT2D eigenvalue weighted by atomic mass is 79.9. The van der Waals surface area contributed by atoms with Crippen molar-refractivity contribution in [2.75, 3.05) is 12.4 Å². The number of nitrogens with one attached hydrogen (secondary N) is 1. The van der Waals surface area contributed by atoms with Gasteiger partial charge < -0.3 is 10.1 Å². The van der Waals surface area contributed by atoms with Gasteiger partial charge in [-0.25, -0.2) is 0 Å². The standard InChI is InChI=1S/C17H18BrNO/c1-20-16-10-9-14(18)11-15(16)19-17(13-7-8-13)12-5-3-2-4-6-12/h2-6,9-11,13,17,19H,7-8H2,1H3. The van der Waals surface area contributed by atoms with Crippen molar-refractivity contribution < 1.29 is 4.74 Å². The maximum absolute atomic E-state index is 5.45. The smallest absolute Gasteiger partial charge is 0.142 e. The van der Waals surface area contributed by atoms with E-state index in [2.05, 4.69) is 57.6 Å². The molecule has 104 valence electrons. The largest absolute Gasteiger partial charge is 0.495 e. The molecule has 1 saturated carbocycles. The van der Waals surface area contributed by atoms with Crippen molar-refractivity contribution in [3.63, 3.8) is 0 Å². The van der Waals surface area contributed by atoms with Crippen LogP contribution in [0.5, 0.6) is 5.75 Å². The Bertz CT molecular complexity index is 581. The number of anilines is 1. The third-order valence-electron chi connectivity index (χ3n) is 3.72. The van der Waals surface area contributed by atoms with Gasteiger partial charge in [0.05, 0.1) is 18.8 Å². The van der Waals surface area contributed by atoms with Gasteiger partial charge in [0.2, 0.25) is 0 Å². The summed E-state index contributed by atoms with van der Waals surface area (Å²) in [5, 5.41) is 3.66. The number of halogens is 1. The molecule has 3 rings (SSSR count). The summed E-state index contributed by atoms with van der Waals surface area (Å²) in [6.45, 7) is 0. The molecule has 0 heterocycles. The Balaban J connectivity index is 1.89. The highest BCUT2D eigenvalue weighted by Gasteiger charge is 2.32. The number of hydrogen-bond acceptors (Lipinski definition) is 2. The first-order valence-electron chi connectivity index (χ1n) is 6.93. The first kappa shape index (κ1) is 13.5. The van der Waals surface area contributed by atoms with Crippen molar-refractivity contribution in [3.8, 4) is 5.75 Å². The molecule has 3 heteroatoms. The fraction of sp³-hybridized carbons (Fsp3) is 0.294. The van der Waals surface area contributed by atoms with Gasteiger partial charge in [-0.2, -0.15) is 0 Å². The number of benzene rings is 2. The highest BCUT2D eigenvalue weighted by Crippen LogP contribution is 2.44. The van der Waals surface area contributed by atoms with Gasteiger partial charge in [0.25, 0.3) is 0 Å². The molecule has 0 radical (unpaired) electrons. The minimum absolute atomic E-state index is 0.361. The van der Waals surface area contributed by atoms with Crippen LogP contribution in [0.1, 0.15) is 24.4 Å². The second-order valence-corrected chi connectivity index (χ2v) is 6.13. The molecule has 1 unspecified atom stereocenters. The predicted molar refractivity (Wildman–Crippen MR) is 86.2 cm³/mol. The number of methoxy groups -OCH3 is 1. The zero-order chi connectivity index (χ0) is 13.9. The maximum atomic E-state index is 5.45. The van der Waals surface area contributed by atoms with Crippen molar-refractivity contribution in [3.05, 3.63) is 58.6 Å². The molecule has 1 N–H and O–H groups in total. The first-order valence-corrected chi connectivity index (χ1v) is 7.72. The lowest BCUT2D eigenvalue weighted by Gasteiger charge is -2.22. The minimum Gasteiger partial charge on any atom is -0.495 e. The van der Waals surface area contributed by atoms with Gasteiger partial charge >= 0.3 is 0 Å². The van der Waals surface area contributed by atoms with Crippen LogP contribution < -0.4 is 10.1 Å². The topological polar surface area (TPSA) is 21.3 Å². The van der Waals surface area contributed by atoms with E-state index >= 15 is 0 Å². The molecular weight excluding hydrogens is 314 g/mol. The average molecular weight is 332 g/mol. The van der Waals surface area contributed by atoms with E-state index in [9.17, 15) is 0 Å². The Kier molecular flexibility index (Phi) is 3.97. The van der Waals surface area contributed by atoms with Gasteiger partial charge in [0.1, 0.15) is 5.75 Å². The van der Waals surface area contributed by atoms with E-state index in [1.165, 1.54) is 18.4 Å². The van der Waals surface area contributed by atoms with Gasteiger partial charge in [0, 0.05) is 4.47 Å². The molecule has 1 fully saturated rings. The molecule has 1 aliphatic carbocycles. The predicted octanol–water partition coefficient (Wildman–Crippen LogP) is 5.02. The molecule has 1 atom stereocenters. The normalized spacial score (nSPS) is 15.7. The van der Waals surface area contributed by atoms with Crippen molar-refractivity contribution in [1.29, 1.82) is 0 Å². The molecule has 2 aromatic carbocycles. The van der Waals surface area contributed by atoms with Gasteiger partial charge in [-0.1, -0.05) is 46.3 Å². The summed E-state index contributed by atoms with van der Waals surface area (Å²) in [5.74, 6) is 1.61. The van der Waals surface area contributed by atoms with Crippen LogP contribution in [0.15, 0.2) is 53.0 Å². The summed E-state index contributed by atoms with van der Waals surface area (Å²) >= 11 is 3.53. The lowest BCUT2D eigenvalue weighted by molar-refractivity contribution is 0.415. The lowest BCUT2D eigenvalue weighted by atomic mass is 10.0. The number of ether oxygens (including phenoxy) is 1. The molecule has 2 aromatic rings. The second-order valence-electron chi connectivity index (χ2n) is 5.21. The van der Waals surface area contributed by atoms with Gasteiger partial charge in [-0.05, 0) is 42.5 Å². The van der Waals surface area contributed by atoms with Crippen LogP contribution in [0.2, 0.25) is 0 Å². The summed E-state index contributed by atoms with van der Waals surface area (Å²) < 4.78 is 6.51. The van der Waals surface area contributed by atoms with Crippen molar-refractivity contribution >= 4 is 21.6 Å². The summed E-state index contributed by atoms with van der Waals surface area (Å²) in [7, 11) is 1.71. The second kappa shape index (κ2) is 5.88. The quantitative estimate of drug-likeness (QED) is 0.830. The molecular formula is C17H18BrNO. The van der Waals surface area contributed by atoms with Crippen LogP contribution in [-0.4, -0.2) is 7.11 Å². The Hall–Kier alpha value is -1.48. The summed E-state index contributed by atoms with van der Waals surface area (Å²) in [6, 6.07) is 17.1. The van der Waals surface area contributed by atoms with Gasteiger partial charge in [0.15, 0.2) is 0 Å². The summed E-state index contributed by atoms with van der Waals surface area (Å²) in [6.07, 6.45) is 2.59. The van der Waals surface area contributed by atoms with Crippen LogP contribution in [0, 0.1) is 5.92 Å². The van der Waals surface area contributed by atoms with Crippen LogP contribution in [0.25, 0.3) is 0 Å². The summed E-state index contributed by atoms with van der Waals surface area (Å²) in [4.78, 5) is 0. The fourth-order valence-corrected chi connectivity index (χ4v) is 2.88. The lowest BCUT2D eigenvalue weighted by Crippen LogP contribution is -2.13. The highest BCUT2D eigenvalue weighted by molar-refractivity contribution is 9.10. The maximum Gasteiger partial charge on any atom is 0.142 e. The molecule has 20 heavy (non-hydrogen) atoms. The van der Waals surface area contributed by atoms with Crippen LogP contribution in [0.4, 0.5) is 5.69 Å². The Morgan fingerprint density at radius 2 is 1.90 bits per heavy atom. The van der Waals surface area contributed by atoms with E-state index in [1.54, 1.807) is 7.11 Å².